The average molecular weight is 201 g/mol. The standard InChI is InChI=1S/C8H15N3O3/c1-8(2,7(12)13)10-3-5-11(9-14)6-4-10/h3-6H2,1-2H3,(H,12,13). The summed E-state index contributed by atoms with van der Waals surface area (Å²) in [6, 6.07) is 0. The van der Waals surface area contributed by atoms with Crippen LogP contribution in [0.2, 0.25) is 0 Å². The van der Waals surface area contributed by atoms with Gasteiger partial charge in [0, 0.05) is 13.1 Å². The number of carboxylic acid groups (broad SMARTS) is 1. The van der Waals surface area contributed by atoms with E-state index in [4.69, 9.17) is 5.11 Å². The molecule has 14 heavy (non-hydrogen) atoms. The Morgan fingerprint density at radius 1 is 1.29 bits per heavy atom. The molecule has 80 valence electrons. The first kappa shape index (κ1) is 10.9. The van der Waals surface area contributed by atoms with Crippen molar-refractivity contribution in [3.05, 3.63) is 4.91 Å². The highest BCUT2D eigenvalue weighted by Crippen LogP contribution is 2.17. The molecule has 1 heterocycles. The summed E-state index contributed by atoms with van der Waals surface area (Å²) < 4.78 is 0. The van der Waals surface area contributed by atoms with Crippen molar-refractivity contribution < 1.29 is 9.90 Å². The molecule has 1 aliphatic rings. The maximum atomic E-state index is 10.9. The van der Waals surface area contributed by atoms with Gasteiger partial charge in [-0.15, -0.1) is 4.91 Å². The normalized spacial score (nSPS) is 19.4. The molecule has 0 aromatic heterocycles. The molecule has 0 atom stereocenters. The lowest BCUT2D eigenvalue weighted by Gasteiger charge is -2.39. The molecule has 1 rings (SSSR count). The van der Waals surface area contributed by atoms with Gasteiger partial charge in [-0.05, 0) is 13.8 Å². The van der Waals surface area contributed by atoms with Gasteiger partial charge in [-0.1, -0.05) is 0 Å². The van der Waals surface area contributed by atoms with E-state index in [1.807, 2.05) is 4.90 Å². The molecule has 0 radical (unpaired) electrons. The van der Waals surface area contributed by atoms with E-state index in [9.17, 15) is 9.70 Å². The lowest BCUT2D eigenvalue weighted by Crippen LogP contribution is -2.56. The summed E-state index contributed by atoms with van der Waals surface area (Å²) >= 11 is 0. The van der Waals surface area contributed by atoms with Gasteiger partial charge in [-0.2, -0.15) is 0 Å². The largest absolute Gasteiger partial charge is 0.480 e. The van der Waals surface area contributed by atoms with Crippen LogP contribution in [0.15, 0.2) is 5.29 Å². The van der Waals surface area contributed by atoms with Crippen molar-refractivity contribution in [3.63, 3.8) is 0 Å². The minimum atomic E-state index is -0.866. The zero-order valence-corrected chi connectivity index (χ0v) is 8.43. The second kappa shape index (κ2) is 3.91. The topological polar surface area (TPSA) is 73.2 Å². The molecule has 0 unspecified atom stereocenters. The molecular weight excluding hydrogens is 186 g/mol. The van der Waals surface area contributed by atoms with Crippen LogP contribution in [-0.2, 0) is 4.79 Å². The van der Waals surface area contributed by atoms with Gasteiger partial charge in [0.25, 0.3) is 0 Å². The Morgan fingerprint density at radius 2 is 1.79 bits per heavy atom. The van der Waals surface area contributed by atoms with Crippen molar-refractivity contribution >= 4 is 5.97 Å². The first-order valence-electron chi connectivity index (χ1n) is 4.55. The molecule has 0 aromatic carbocycles. The number of nitroso groups, excluding NO2 is 1. The van der Waals surface area contributed by atoms with Gasteiger partial charge in [0.05, 0.1) is 18.4 Å². The molecule has 1 N–H and O–H groups in total. The second-order valence-electron chi connectivity index (χ2n) is 3.89. The van der Waals surface area contributed by atoms with Crippen LogP contribution in [0, 0.1) is 4.91 Å². The van der Waals surface area contributed by atoms with Crippen LogP contribution in [0.3, 0.4) is 0 Å². The third kappa shape index (κ3) is 2.01. The number of carboxylic acids is 1. The SMILES string of the molecule is CC(C)(C(=O)O)N1CCN(N=O)CC1. The van der Waals surface area contributed by atoms with Crippen molar-refractivity contribution in [1.82, 2.24) is 9.91 Å². The predicted molar refractivity (Wildman–Crippen MR) is 50.7 cm³/mol. The number of piperazine rings is 1. The number of nitrogens with zero attached hydrogens (tertiary/aromatic N) is 3. The van der Waals surface area contributed by atoms with E-state index in [-0.39, 0.29) is 0 Å². The molecule has 0 amide bonds. The maximum absolute atomic E-state index is 10.9. The summed E-state index contributed by atoms with van der Waals surface area (Å²) in [5.74, 6) is -0.843. The number of rotatable bonds is 3. The Balaban J connectivity index is 2.57. The summed E-state index contributed by atoms with van der Waals surface area (Å²) in [6.07, 6.45) is 0. The molecule has 1 aliphatic heterocycles. The molecule has 6 nitrogen and oxygen atoms in total. The number of hydrogen-bond acceptors (Lipinski definition) is 4. The number of hydrogen-bond donors (Lipinski definition) is 1. The fraction of sp³-hybridized carbons (Fsp3) is 0.875. The Bertz CT molecular complexity index is 234. The van der Waals surface area contributed by atoms with E-state index in [0.717, 1.165) is 0 Å². The van der Waals surface area contributed by atoms with Crippen molar-refractivity contribution in [1.29, 1.82) is 0 Å². The molecule has 0 saturated carbocycles. The Hall–Kier alpha value is -1.17. The first-order chi connectivity index (χ1) is 6.48. The monoisotopic (exact) mass is 201 g/mol. The van der Waals surface area contributed by atoms with Crippen LogP contribution in [0.25, 0.3) is 0 Å². The van der Waals surface area contributed by atoms with Crippen molar-refractivity contribution in [3.8, 4) is 0 Å². The van der Waals surface area contributed by atoms with Crippen molar-refractivity contribution in [2.75, 3.05) is 26.2 Å². The Kier molecular flexibility index (Phi) is 3.05. The third-order valence-electron chi connectivity index (χ3n) is 2.69. The molecule has 0 spiro atoms. The lowest BCUT2D eigenvalue weighted by atomic mass is 10.0. The highest BCUT2D eigenvalue weighted by atomic mass is 16.4. The molecule has 1 saturated heterocycles. The van der Waals surface area contributed by atoms with Crippen LogP contribution < -0.4 is 0 Å². The number of aliphatic carboxylic acids is 1. The second-order valence-corrected chi connectivity index (χ2v) is 3.89. The smallest absolute Gasteiger partial charge is 0.323 e. The minimum Gasteiger partial charge on any atom is -0.480 e. The highest BCUT2D eigenvalue weighted by molar-refractivity contribution is 5.77. The van der Waals surface area contributed by atoms with Crippen LogP contribution >= 0.6 is 0 Å². The molecule has 6 heteroatoms. The van der Waals surface area contributed by atoms with E-state index in [1.165, 1.54) is 5.01 Å². The van der Waals surface area contributed by atoms with Gasteiger partial charge < -0.3 is 5.11 Å². The molecule has 1 fully saturated rings. The lowest BCUT2D eigenvalue weighted by molar-refractivity contribution is -0.150. The fourth-order valence-electron chi connectivity index (χ4n) is 1.47. The molecule has 0 bridgehead atoms. The van der Waals surface area contributed by atoms with Crippen molar-refractivity contribution in [2.45, 2.75) is 19.4 Å². The van der Waals surface area contributed by atoms with Gasteiger partial charge in [0.15, 0.2) is 0 Å². The minimum absolute atomic E-state index is 0.500. The highest BCUT2D eigenvalue weighted by Gasteiger charge is 2.36. The summed E-state index contributed by atoms with van der Waals surface area (Å²) in [4.78, 5) is 23.0. The predicted octanol–water partition coefficient (Wildman–Crippen LogP) is 0.149. The molecular formula is C8H15N3O3. The van der Waals surface area contributed by atoms with Crippen LogP contribution in [0.5, 0.6) is 0 Å². The van der Waals surface area contributed by atoms with E-state index in [1.54, 1.807) is 13.8 Å². The first-order valence-corrected chi connectivity index (χ1v) is 4.55. The summed E-state index contributed by atoms with van der Waals surface area (Å²) in [7, 11) is 0. The zero-order valence-electron chi connectivity index (χ0n) is 8.43. The van der Waals surface area contributed by atoms with Crippen LogP contribution in [0.4, 0.5) is 0 Å². The zero-order chi connectivity index (χ0) is 10.8. The van der Waals surface area contributed by atoms with Gasteiger partial charge >= 0.3 is 5.97 Å². The van der Waals surface area contributed by atoms with Gasteiger partial charge in [0.1, 0.15) is 5.54 Å². The van der Waals surface area contributed by atoms with Gasteiger partial charge in [-0.3, -0.25) is 14.7 Å². The Morgan fingerprint density at radius 3 is 2.14 bits per heavy atom. The van der Waals surface area contributed by atoms with Crippen LogP contribution in [-0.4, -0.2) is 52.7 Å². The fourth-order valence-corrected chi connectivity index (χ4v) is 1.47. The van der Waals surface area contributed by atoms with E-state index in [2.05, 4.69) is 5.29 Å². The summed E-state index contributed by atoms with van der Waals surface area (Å²) in [6.45, 7) is 5.45. The quantitative estimate of drug-likeness (QED) is 0.658. The third-order valence-corrected chi connectivity index (χ3v) is 2.69. The van der Waals surface area contributed by atoms with E-state index in [0.29, 0.717) is 26.2 Å². The van der Waals surface area contributed by atoms with Gasteiger partial charge in [-0.25, -0.2) is 0 Å². The molecule has 0 aromatic rings. The summed E-state index contributed by atoms with van der Waals surface area (Å²) in [5.41, 5.74) is -0.866. The van der Waals surface area contributed by atoms with Crippen molar-refractivity contribution in [2.24, 2.45) is 5.29 Å². The van der Waals surface area contributed by atoms with Crippen LogP contribution in [0.1, 0.15) is 13.8 Å². The number of carbonyl (C=O) groups is 1. The van der Waals surface area contributed by atoms with E-state index < -0.39 is 11.5 Å². The maximum Gasteiger partial charge on any atom is 0.323 e. The average Bonchev–Trinajstić information content (AvgIpc) is 2.17. The Labute approximate surface area is 82.4 Å². The summed E-state index contributed by atoms with van der Waals surface area (Å²) in [5, 5.41) is 13.2. The molecule has 0 aliphatic carbocycles. The van der Waals surface area contributed by atoms with E-state index >= 15 is 0 Å². The van der Waals surface area contributed by atoms with Gasteiger partial charge in [0.2, 0.25) is 0 Å².